The van der Waals surface area contributed by atoms with Crippen molar-refractivity contribution in [1.29, 1.82) is 0 Å². The lowest BCUT2D eigenvalue weighted by Gasteiger charge is -2.35. The third-order valence-corrected chi connectivity index (χ3v) is 7.67. The number of hydrogen-bond acceptors (Lipinski definition) is 3. The van der Waals surface area contributed by atoms with Gasteiger partial charge in [0.1, 0.15) is 0 Å². The van der Waals surface area contributed by atoms with Gasteiger partial charge in [-0.05, 0) is 57.2 Å². The topological polar surface area (TPSA) is 58.6 Å². The third kappa shape index (κ3) is 4.52. The summed E-state index contributed by atoms with van der Waals surface area (Å²) in [4.78, 5) is 27.4. The van der Waals surface area contributed by atoms with Gasteiger partial charge >= 0.3 is 0 Å². The van der Waals surface area contributed by atoms with E-state index in [9.17, 15) is 9.59 Å². The number of ether oxygens (including phenoxy) is 1. The number of rotatable bonds is 5. The molecular weight excluding hydrogens is 400 g/mol. The molecule has 1 aliphatic carbocycles. The number of carbonyl (C=O) groups is 2. The third-order valence-electron chi connectivity index (χ3n) is 7.00. The van der Waals surface area contributed by atoms with Crippen molar-refractivity contribution in [2.24, 2.45) is 17.3 Å². The Balaban J connectivity index is 1.38. The van der Waals surface area contributed by atoms with Gasteiger partial charge in [0.25, 0.3) is 0 Å². The summed E-state index contributed by atoms with van der Waals surface area (Å²) >= 11 is 5.93. The Morgan fingerprint density at radius 3 is 2.73 bits per heavy atom. The number of hydrogen-bond donors (Lipinski definition) is 1. The number of alkyl halides is 1. The molecule has 3 atom stereocenters. The lowest BCUT2D eigenvalue weighted by atomic mass is 9.90. The van der Waals surface area contributed by atoms with Crippen LogP contribution in [0.3, 0.4) is 0 Å². The van der Waals surface area contributed by atoms with E-state index in [-0.39, 0.29) is 29.9 Å². The maximum Gasteiger partial charge on any atom is 0.231 e. The van der Waals surface area contributed by atoms with Crippen LogP contribution in [0.25, 0.3) is 0 Å². The molecule has 0 aromatic heterocycles. The Kier molecular flexibility index (Phi) is 6.40. The number of piperidine rings is 1. The van der Waals surface area contributed by atoms with Crippen molar-refractivity contribution in [2.75, 3.05) is 24.3 Å². The predicted octanol–water partition coefficient (Wildman–Crippen LogP) is 4.76. The van der Waals surface area contributed by atoms with Crippen molar-refractivity contribution in [3.63, 3.8) is 0 Å². The van der Waals surface area contributed by atoms with Crippen LogP contribution in [0.15, 0.2) is 24.3 Å². The van der Waals surface area contributed by atoms with Gasteiger partial charge in [-0.2, -0.15) is 0 Å². The summed E-state index contributed by atoms with van der Waals surface area (Å²) in [5.74, 6) is 1.18. The van der Waals surface area contributed by atoms with E-state index in [1.165, 1.54) is 12.8 Å². The highest BCUT2D eigenvalue weighted by molar-refractivity contribution is 6.20. The normalized spacial score (nSPS) is 27.2. The van der Waals surface area contributed by atoms with Gasteiger partial charge in [-0.25, -0.2) is 0 Å². The molecule has 1 saturated carbocycles. The number of likely N-dealkylation sites (tertiary alicyclic amines) is 1. The fraction of sp³-hybridized carbons (Fsp3) is 0.667. The minimum atomic E-state index is -0.619. The summed E-state index contributed by atoms with van der Waals surface area (Å²) in [7, 11) is 0. The average Bonchev–Trinajstić information content (AvgIpc) is 3.42. The molecule has 30 heavy (non-hydrogen) atoms. The molecule has 2 heterocycles. The van der Waals surface area contributed by atoms with E-state index in [4.69, 9.17) is 16.3 Å². The Hall–Kier alpha value is -1.59. The van der Waals surface area contributed by atoms with Gasteiger partial charge in [-0.3, -0.25) is 9.59 Å². The molecule has 4 rings (SSSR count). The van der Waals surface area contributed by atoms with Crippen LogP contribution in [0.2, 0.25) is 0 Å². The van der Waals surface area contributed by atoms with Crippen LogP contribution in [0.4, 0.5) is 5.69 Å². The first-order valence-electron chi connectivity index (χ1n) is 11.3. The van der Waals surface area contributed by atoms with Gasteiger partial charge in [0.2, 0.25) is 11.8 Å². The van der Waals surface area contributed by atoms with Crippen LogP contribution < -0.4 is 5.32 Å². The first-order chi connectivity index (χ1) is 14.4. The van der Waals surface area contributed by atoms with Crippen molar-refractivity contribution >= 4 is 29.1 Å². The molecule has 5 nitrogen and oxygen atoms in total. The minimum absolute atomic E-state index is 0.0134. The number of nitrogens with zero attached hydrogens (tertiary/aromatic N) is 1. The second-order valence-electron chi connectivity index (χ2n) is 9.81. The Morgan fingerprint density at radius 1 is 1.23 bits per heavy atom. The van der Waals surface area contributed by atoms with Gasteiger partial charge in [0.15, 0.2) is 0 Å². The molecule has 0 spiro atoms. The smallest absolute Gasteiger partial charge is 0.231 e. The van der Waals surface area contributed by atoms with Gasteiger partial charge in [0, 0.05) is 36.5 Å². The van der Waals surface area contributed by atoms with Crippen LogP contribution in [0.5, 0.6) is 0 Å². The van der Waals surface area contributed by atoms with E-state index in [0.29, 0.717) is 11.8 Å². The summed E-state index contributed by atoms with van der Waals surface area (Å²) in [5, 5.41) is 2.98. The zero-order valence-corrected chi connectivity index (χ0v) is 18.8. The molecule has 0 radical (unpaired) electrons. The Bertz CT molecular complexity index is 790. The Labute approximate surface area is 184 Å². The highest BCUT2D eigenvalue weighted by atomic mass is 35.5. The zero-order valence-electron chi connectivity index (χ0n) is 18.0. The van der Waals surface area contributed by atoms with Gasteiger partial charge in [0.05, 0.1) is 17.6 Å². The van der Waals surface area contributed by atoms with Crippen LogP contribution in [-0.2, 0) is 14.3 Å². The second-order valence-corrected chi connectivity index (χ2v) is 10.1. The highest BCUT2D eigenvalue weighted by Gasteiger charge is 2.42. The summed E-state index contributed by atoms with van der Waals surface area (Å²) in [6.45, 7) is 5.30. The van der Waals surface area contributed by atoms with Crippen molar-refractivity contribution < 1.29 is 14.3 Å². The maximum absolute atomic E-state index is 12.8. The van der Waals surface area contributed by atoms with E-state index in [1.807, 2.05) is 32.0 Å². The number of anilines is 1. The molecule has 1 N–H and O–H groups in total. The minimum Gasteiger partial charge on any atom is -0.370 e. The molecule has 3 fully saturated rings. The SMILES string of the molecule is CC(C)(CCl)C(=O)Nc1cccc(C2CC3CN(C(=O)C4CCCC4)CCC3O2)c1. The molecular formula is C24H33ClN2O3. The predicted molar refractivity (Wildman–Crippen MR) is 118 cm³/mol. The van der Waals surface area contributed by atoms with E-state index in [1.54, 1.807) is 0 Å². The molecule has 6 heteroatoms. The largest absolute Gasteiger partial charge is 0.370 e. The molecule has 3 unspecified atom stereocenters. The number of nitrogens with one attached hydrogen (secondary N) is 1. The molecule has 1 aromatic carbocycles. The number of benzene rings is 1. The monoisotopic (exact) mass is 432 g/mol. The number of carbonyl (C=O) groups excluding carboxylic acids is 2. The lowest BCUT2D eigenvalue weighted by Crippen LogP contribution is -2.46. The average molecular weight is 433 g/mol. The maximum atomic E-state index is 12.8. The first kappa shape index (κ1) is 21.6. The van der Waals surface area contributed by atoms with Crippen molar-refractivity contribution in [3.8, 4) is 0 Å². The summed E-state index contributed by atoms with van der Waals surface area (Å²) in [6, 6.07) is 7.92. The number of halogens is 1. The van der Waals surface area contributed by atoms with Crippen LogP contribution in [0, 0.1) is 17.3 Å². The van der Waals surface area contributed by atoms with Crippen LogP contribution in [0.1, 0.15) is 64.0 Å². The molecule has 0 bridgehead atoms. The molecule has 2 aliphatic heterocycles. The zero-order chi connectivity index (χ0) is 21.3. The van der Waals surface area contributed by atoms with E-state index < -0.39 is 5.41 Å². The van der Waals surface area contributed by atoms with Gasteiger partial charge < -0.3 is 15.0 Å². The molecule has 164 valence electrons. The lowest BCUT2D eigenvalue weighted by molar-refractivity contribution is -0.138. The second kappa shape index (κ2) is 8.88. The fourth-order valence-corrected chi connectivity index (χ4v) is 5.10. The molecule has 2 amide bonds. The summed E-state index contributed by atoms with van der Waals surface area (Å²) < 4.78 is 6.38. The van der Waals surface area contributed by atoms with Crippen molar-refractivity contribution in [2.45, 2.75) is 64.6 Å². The fourth-order valence-electron chi connectivity index (χ4n) is 4.98. The van der Waals surface area contributed by atoms with Crippen LogP contribution in [-0.4, -0.2) is 41.8 Å². The number of amides is 2. The van der Waals surface area contributed by atoms with Gasteiger partial charge in [-0.1, -0.05) is 25.0 Å². The standard InChI is InChI=1S/C24H33ClN2O3/c1-24(2,15-25)23(29)26-19-9-5-8-17(12-19)21-13-18-14-27(11-10-20(18)30-21)22(28)16-6-3-4-7-16/h5,8-9,12,16,18,20-21H,3-4,6-7,10-11,13-15H2,1-2H3,(H,26,29). The van der Waals surface area contributed by atoms with Crippen LogP contribution >= 0.6 is 11.6 Å². The number of fused-ring (bicyclic) bond motifs is 1. The first-order valence-corrected chi connectivity index (χ1v) is 11.8. The summed E-state index contributed by atoms with van der Waals surface area (Å²) in [6.07, 6.45) is 6.56. The highest BCUT2D eigenvalue weighted by Crippen LogP contribution is 2.42. The molecule has 1 aromatic rings. The van der Waals surface area contributed by atoms with Crippen molar-refractivity contribution in [1.82, 2.24) is 4.90 Å². The van der Waals surface area contributed by atoms with E-state index in [0.717, 1.165) is 50.0 Å². The molecule has 3 aliphatic rings. The van der Waals surface area contributed by atoms with E-state index >= 15 is 0 Å². The summed E-state index contributed by atoms with van der Waals surface area (Å²) in [5.41, 5.74) is 1.23. The van der Waals surface area contributed by atoms with Crippen molar-refractivity contribution in [3.05, 3.63) is 29.8 Å². The van der Waals surface area contributed by atoms with E-state index in [2.05, 4.69) is 16.3 Å². The Morgan fingerprint density at radius 2 is 2.00 bits per heavy atom. The molecule has 2 saturated heterocycles. The quantitative estimate of drug-likeness (QED) is 0.682. The van der Waals surface area contributed by atoms with Gasteiger partial charge in [-0.15, -0.1) is 11.6 Å².